The van der Waals surface area contributed by atoms with Crippen LogP contribution in [0.1, 0.15) is 18.9 Å². The second kappa shape index (κ2) is 5.25. The van der Waals surface area contributed by atoms with Crippen molar-refractivity contribution >= 4 is 23.2 Å². The van der Waals surface area contributed by atoms with Gasteiger partial charge in [0, 0.05) is 25.2 Å². The molecule has 1 unspecified atom stereocenters. The van der Waals surface area contributed by atoms with Crippen molar-refractivity contribution in [1.29, 1.82) is 0 Å². The van der Waals surface area contributed by atoms with Crippen LogP contribution in [0.15, 0.2) is 18.2 Å². The predicted molar refractivity (Wildman–Crippen MR) is 79.1 cm³/mol. The van der Waals surface area contributed by atoms with E-state index in [0.29, 0.717) is 10.0 Å². The molecule has 1 aromatic rings. The summed E-state index contributed by atoms with van der Waals surface area (Å²) in [6.45, 7) is 5.86. The third-order valence-corrected chi connectivity index (χ3v) is 5.46. The van der Waals surface area contributed by atoms with Crippen LogP contribution < -0.4 is 5.32 Å². The molecular formula is C15H19Cl2NO. The van der Waals surface area contributed by atoms with Crippen molar-refractivity contribution in [2.45, 2.75) is 18.8 Å². The van der Waals surface area contributed by atoms with Crippen LogP contribution in [0.5, 0.6) is 0 Å². The smallest absolute Gasteiger partial charge is 0.0595 e. The Kier molecular flexibility index (Phi) is 3.78. The molecule has 0 spiro atoms. The van der Waals surface area contributed by atoms with Crippen molar-refractivity contribution in [2.75, 3.05) is 26.3 Å². The molecule has 2 aliphatic rings. The minimum absolute atomic E-state index is 0.269. The molecule has 4 heteroatoms. The molecule has 1 aliphatic heterocycles. The standard InChI is InChI=1S/C15H19Cl2NO/c1-2-19-6-5-11-12-8-18-9-15(11,12)10-3-4-13(16)14(17)7-10/h3-4,7,11-12,18H,2,5-6,8-9H2,1H3/t11?,12-,15-/m0/s1. The molecule has 104 valence electrons. The van der Waals surface area contributed by atoms with Crippen LogP contribution in [0.4, 0.5) is 0 Å². The minimum Gasteiger partial charge on any atom is -0.382 e. The fraction of sp³-hybridized carbons (Fsp3) is 0.600. The molecule has 0 aromatic heterocycles. The van der Waals surface area contributed by atoms with Gasteiger partial charge < -0.3 is 10.1 Å². The largest absolute Gasteiger partial charge is 0.382 e. The Bertz CT molecular complexity index is 479. The SMILES string of the molecule is CCOCCC1[C@@H]2CNC[C@]12c1ccc(Cl)c(Cl)c1. The number of piperidine rings is 1. The zero-order valence-corrected chi connectivity index (χ0v) is 12.6. The molecule has 1 aromatic carbocycles. The average molecular weight is 300 g/mol. The van der Waals surface area contributed by atoms with Crippen molar-refractivity contribution in [1.82, 2.24) is 5.32 Å². The fourth-order valence-corrected chi connectivity index (χ4v) is 4.05. The van der Waals surface area contributed by atoms with E-state index >= 15 is 0 Å². The highest BCUT2D eigenvalue weighted by Gasteiger charge is 2.66. The summed E-state index contributed by atoms with van der Waals surface area (Å²) in [6.07, 6.45) is 1.14. The first kappa shape index (κ1) is 13.7. The van der Waals surface area contributed by atoms with Gasteiger partial charge in [-0.3, -0.25) is 0 Å². The molecule has 1 N–H and O–H groups in total. The first-order chi connectivity index (χ1) is 9.20. The zero-order chi connectivity index (χ0) is 13.5. The second-order valence-electron chi connectivity index (χ2n) is 5.50. The lowest BCUT2D eigenvalue weighted by molar-refractivity contribution is 0.137. The van der Waals surface area contributed by atoms with Gasteiger partial charge in [-0.2, -0.15) is 0 Å². The van der Waals surface area contributed by atoms with Crippen molar-refractivity contribution in [2.24, 2.45) is 11.8 Å². The van der Waals surface area contributed by atoms with E-state index in [1.54, 1.807) is 0 Å². The summed E-state index contributed by atoms with van der Waals surface area (Å²) in [5, 5.41) is 4.80. The van der Waals surface area contributed by atoms with E-state index in [9.17, 15) is 0 Å². The summed E-state index contributed by atoms with van der Waals surface area (Å²) >= 11 is 12.2. The molecule has 2 nitrogen and oxygen atoms in total. The molecule has 1 saturated carbocycles. The molecule has 1 aliphatic carbocycles. The summed E-state index contributed by atoms with van der Waals surface area (Å²) in [7, 11) is 0. The molecule has 19 heavy (non-hydrogen) atoms. The number of halogens is 2. The van der Waals surface area contributed by atoms with Gasteiger partial charge in [-0.1, -0.05) is 29.3 Å². The van der Waals surface area contributed by atoms with Gasteiger partial charge in [0.15, 0.2) is 0 Å². The molecule has 1 saturated heterocycles. The quantitative estimate of drug-likeness (QED) is 0.840. The highest BCUT2D eigenvalue weighted by atomic mass is 35.5. The number of nitrogens with one attached hydrogen (secondary N) is 1. The van der Waals surface area contributed by atoms with Gasteiger partial charge in [0.05, 0.1) is 10.0 Å². The Labute approximate surface area is 124 Å². The summed E-state index contributed by atoms with van der Waals surface area (Å²) in [6, 6.07) is 6.10. The molecule has 0 radical (unpaired) electrons. The van der Waals surface area contributed by atoms with E-state index in [-0.39, 0.29) is 5.41 Å². The zero-order valence-electron chi connectivity index (χ0n) is 11.1. The Hall–Kier alpha value is -0.280. The third kappa shape index (κ3) is 2.19. The molecule has 2 fully saturated rings. The Morgan fingerprint density at radius 1 is 1.37 bits per heavy atom. The maximum absolute atomic E-state index is 6.17. The van der Waals surface area contributed by atoms with Crippen LogP contribution in [0.3, 0.4) is 0 Å². The predicted octanol–water partition coefficient (Wildman–Crippen LogP) is 3.51. The lowest BCUT2D eigenvalue weighted by Crippen LogP contribution is -2.24. The van der Waals surface area contributed by atoms with Gasteiger partial charge in [0.1, 0.15) is 0 Å². The molecule has 1 heterocycles. The number of ether oxygens (including phenoxy) is 1. The highest BCUT2D eigenvalue weighted by Crippen LogP contribution is 2.63. The summed E-state index contributed by atoms with van der Waals surface area (Å²) in [4.78, 5) is 0. The van der Waals surface area contributed by atoms with Crippen LogP contribution >= 0.6 is 23.2 Å². The van der Waals surface area contributed by atoms with Crippen LogP contribution in [0.2, 0.25) is 10.0 Å². The molecule has 3 atom stereocenters. The number of hydrogen-bond acceptors (Lipinski definition) is 2. The topological polar surface area (TPSA) is 21.3 Å². The summed E-state index contributed by atoms with van der Waals surface area (Å²) < 4.78 is 5.51. The molecular weight excluding hydrogens is 281 g/mol. The van der Waals surface area contributed by atoms with Crippen LogP contribution in [0.25, 0.3) is 0 Å². The number of benzene rings is 1. The third-order valence-electron chi connectivity index (χ3n) is 4.72. The maximum Gasteiger partial charge on any atom is 0.0595 e. The van der Waals surface area contributed by atoms with E-state index in [1.807, 2.05) is 19.1 Å². The monoisotopic (exact) mass is 299 g/mol. The molecule has 0 amide bonds. The van der Waals surface area contributed by atoms with Gasteiger partial charge >= 0.3 is 0 Å². The average Bonchev–Trinajstić information content (AvgIpc) is 2.81. The van der Waals surface area contributed by atoms with Gasteiger partial charge in [-0.05, 0) is 49.4 Å². The summed E-state index contributed by atoms with van der Waals surface area (Å²) in [5.74, 6) is 1.45. The summed E-state index contributed by atoms with van der Waals surface area (Å²) in [5.41, 5.74) is 1.60. The van der Waals surface area contributed by atoms with E-state index in [0.717, 1.165) is 44.6 Å². The van der Waals surface area contributed by atoms with Gasteiger partial charge in [0.25, 0.3) is 0 Å². The van der Waals surface area contributed by atoms with Crippen LogP contribution in [-0.4, -0.2) is 26.3 Å². The maximum atomic E-state index is 6.17. The number of hydrogen-bond donors (Lipinski definition) is 1. The van der Waals surface area contributed by atoms with E-state index in [1.165, 1.54) is 5.56 Å². The van der Waals surface area contributed by atoms with Gasteiger partial charge in [-0.15, -0.1) is 0 Å². The van der Waals surface area contributed by atoms with E-state index in [2.05, 4.69) is 11.4 Å². The Morgan fingerprint density at radius 2 is 2.21 bits per heavy atom. The van der Waals surface area contributed by atoms with Crippen molar-refractivity contribution < 1.29 is 4.74 Å². The van der Waals surface area contributed by atoms with Crippen LogP contribution in [-0.2, 0) is 10.2 Å². The van der Waals surface area contributed by atoms with Crippen LogP contribution in [0, 0.1) is 11.8 Å². The van der Waals surface area contributed by atoms with Gasteiger partial charge in [-0.25, -0.2) is 0 Å². The van der Waals surface area contributed by atoms with Crippen molar-refractivity contribution in [3.8, 4) is 0 Å². The van der Waals surface area contributed by atoms with E-state index in [4.69, 9.17) is 27.9 Å². The number of fused-ring (bicyclic) bond motifs is 1. The molecule has 0 bridgehead atoms. The normalized spacial score (nSPS) is 32.4. The Morgan fingerprint density at radius 3 is 2.95 bits per heavy atom. The lowest BCUT2D eigenvalue weighted by Gasteiger charge is -2.17. The highest BCUT2D eigenvalue weighted by molar-refractivity contribution is 6.42. The first-order valence-corrected chi connectivity index (χ1v) is 7.69. The molecule has 3 rings (SSSR count). The fourth-order valence-electron chi connectivity index (χ4n) is 3.75. The Balaban J connectivity index is 1.79. The van der Waals surface area contributed by atoms with E-state index < -0.39 is 0 Å². The lowest BCUT2D eigenvalue weighted by atomic mass is 9.92. The number of rotatable bonds is 5. The van der Waals surface area contributed by atoms with Gasteiger partial charge in [0.2, 0.25) is 0 Å². The first-order valence-electron chi connectivity index (χ1n) is 6.94. The van der Waals surface area contributed by atoms with Crippen molar-refractivity contribution in [3.05, 3.63) is 33.8 Å². The van der Waals surface area contributed by atoms with Crippen molar-refractivity contribution in [3.63, 3.8) is 0 Å². The second-order valence-corrected chi connectivity index (χ2v) is 6.31. The minimum atomic E-state index is 0.269.